The van der Waals surface area contributed by atoms with E-state index in [1.54, 1.807) is 25.4 Å². The van der Waals surface area contributed by atoms with Crippen molar-refractivity contribution in [1.29, 1.82) is 0 Å². The molecule has 0 aromatic heterocycles. The van der Waals surface area contributed by atoms with Gasteiger partial charge in [0.05, 0.1) is 6.21 Å². The molecule has 0 unspecified atom stereocenters. The van der Waals surface area contributed by atoms with Crippen LogP contribution in [0.1, 0.15) is 11.1 Å². The van der Waals surface area contributed by atoms with Gasteiger partial charge >= 0.3 is 0 Å². The second-order valence-electron chi connectivity index (χ2n) is 4.04. The highest BCUT2D eigenvalue weighted by Crippen LogP contribution is 2.25. The molecule has 5 heteroatoms. The van der Waals surface area contributed by atoms with Gasteiger partial charge in [-0.1, -0.05) is 29.3 Å². The maximum atomic E-state index is 6.09. The first-order chi connectivity index (χ1) is 9.70. The van der Waals surface area contributed by atoms with Gasteiger partial charge in [-0.05, 0) is 42.0 Å². The van der Waals surface area contributed by atoms with Gasteiger partial charge in [-0.25, -0.2) is 0 Å². The van der Waals surface area contributed by atoms with E-state index in [1.165, 1.54) is 0 Å². The standard InChI is InChI=1S/C15H14Cl2N2O/c1-18-19-9-11-5-7-12(8-6-11)20-10-13-14(16)3-2-4-15(13)17/h2-9,18H,10H2,1H3/b19-9+. The van der Waals surface area contributed by atoms with Crippen molar-refractivity contribution < 1.29 is 4.74 Å². The number of benzene rings is 2. The first kappa shape index (κ1) is 14.7. The summed E-state index contributed by atoms with van der Waals surface area (Å²) in [5, 5.41) is 5.15. The molecule has 0 atom stereocenters. The van der Waals surface area contributed by atoms with Crippen molar-refractivity contribution in [1.82, 2.24) is 5.43 Å². The van der Waals surface area contributed by atoms with E-state index in [-0.39, 0.29) is 0 Å². The highest BCUT2D eigenvalue weighted by molar-refractivity contribution is 6.35. The number of hydrogen-bond acceptors (Lipinski definition) is 3. The Balaban J connectivity index is 2.02. The Bertz CT molecular complexity index is 577. The zero-order valence-electron chi connectivity index (χ0n) is 10.9. The Hall–Kier alpha value is -1.71. The number of nitrogens with one attached hydrogen (secondary N) is 1. The van der Waals surface area contributed by atoms with Crippen molar-refractivity contribution in [2.75, 3.05) is 7.05 Å². The molecule has 3 nitrogen and oxygen atoms in total. The van der Waals surface area contributed by atoms with E-state index in [0.29, 0.717) is 16.7 Å². The van der Waals surface area contributed by atoms with Crippen LogP contribution < -0.4 is 10.2 Å². The predicted molar refractivity (Wildman–Crippen MR) is 83.9 cm³/mol. The topological polar surface area (TPSA) is 33.6 Å². The van der Waals surface area contributed by atoms with Crippen LogP contribution >= 0.6 is 23.2 Å². The summed E-state index contributed by atoms with van der Waals surface area (Å²) in [5.41, 5.74) is 4.48. The van der Waals surface area contributed by atoms with E-state index >= 15 is 0 Å². The average molecular weight is 309 g/mol. The largest absolute Gasteiger partial charge is 0.489 e. The van der Waals surface area contributed by atoms with Gasteiger partial charge in [0, 0.05) is 22.7 Å². The molecule has 1 N–H and O–H groups in total. The molecule has 2 aromatic carbocycles. The summed E-state index contributed by atoms with van der Waals surface area (Å²) in [6.45, 7) is 0.336. The second kappa shape index (κ2) is 7.17. The molecule has 0 radical (unpaired) electrons. The first-order valence-corrected chi connectivity index (χ1v) is 6.82. The SMILES string of the molecule is CN/N=C/c1ccc(OCc2c(Cl)cccc2Cl)cc1. The monoisotopic (exact) mass is 308 g/mol. The molecule has 104 valence electrons. The summed E-state index contributed by atoms with van der Waals surface area (Å²) in [6, 6.07) is 13.0. The number of hydrogen-bond donors (Lipinski definition) is 1. The number of halogens is 2. The molecule has 20 heavy (non-hydrogen) atoms. The Morgan fingerprint density at radius 1 is 1.10 bits per heavy atom. The van der Waals surface area contributed by atoms with Crippen LogP contribution in [0, 0.1) is 0 Å². The Kier molecular flexibility index (Phi) is 5.27. The molecule has 2 rings (SSSR count). The third kappa shape index (κ3) is 3.89. The number of hydrazone groups is 1. The van der Waals surface area contributed by atoms with Crippen LogP contribution in [0.5, 0.6) is 5.75 Å². The van der Waals surface area contributed by atoms with Crippen molar-refractivity contribution in [3.8, 4) is 5.75 Å². The van der Waals surface area contributed by atoms with Crippen LogP contribution in [-0.4, -0.2) is 13.3 Å². The van der Waals surface area contributed by atoms with Gasteiger partial charge in [-0.2, -0.15) is 5.10 Å². The van der Waals surface area contributed by atoms with Gasteiger partial charge in [-0.3, -0.25) is 0 Å². The lowest BCUT2D eigenvalue weighted by molar-refractivity contribution is 0.306. The average Bonchev–Trinajstić information content (AvgIpc) is 2.46. The summed E-state index contributed by atoms with van der Waals surface area (Å²) in [6.07, 6.45) is 1.73. The van der Waals surface area contributed by atoms with Crippen molar-refractivity contribution in [2.24, 2.45) is 5.10 Å². The lowest BCUT2D eigenvalue weighted by Crippen LogP contribution is -1.98. The molecule has 0 bridgehead atoms. The van der Waals surface area contributed by atoms with Gasteiger partial charge in [0.25, 0.3) is 0 Å². The fourth-order valence-corrected chi connectivity index (χ4v) is 2.12. The molecule has 0 spiro atoms. The van der Waals surface area contributed by atoms with Crippen molar-refractivity contribution in [3.63, 3.8) is 0 Å². The molecule has 0 heterocycles. The number of rotatable bonds is 5. The molecule has 0 aliphatic carbocycles. The van der Waals surface area contributed by atoms with Crippen LogP contribution in [0.4, 0.5) is 0 Å². The Labute approximate surface area is 128 Å². The minimum Gasteiger partial charge on any atom is -0.489 e. The molecule has 2 aromatic rings. The van der Waals surface area contributed by atoms with Crippen LogP contribution in [0.3, 0.4) is 0 Å². The van der Waals surface area contributed by atoms with Crippen LogP contribution in [0.25, 0.3) is 0 Å². The maximum absolute atomic E-state index is 6.09. The van der Waals surface area contributed by atoms with Gasteiger partial charge in [0.15, 0.2) is 0 Å². The second-order valence-corrected chi connectivity index (χ2v) is 4.85. The molecule has 0 fully saturated rings. The van der Waals surface area contributed by atoms with Gasteiger partial charge in [-0.15, -0.1) is 0 Å². The first-order valence-electron chi connectivity index (χ1n) is 6.06. The zero-order valence-corrected chi connectivity index (χ0v) is 12.4. The summed E-state index contributed by atoms with van der Waals surface area (Å²) >= 11 is 12.2. The van der Waals surface area contributed by atoms with Crippen LogP contribution in [-0.2, 0) is 6.61 Å². The van der Waals surface area contributed by atoms with E-state index < -0.39 is 0 Å². The van der Waals surface area contributed by atoms with Crippen LogP contribution in [0.2, 0.25) is 10.0 Å². The van der Waals surface area contributed by atoms with Crippen LogP contribution in [0.15, 0.2) is 47.6 Å². The van der Waals surface area contributed by atoms with Crippen molar-refractivity contribution >= 4 is 29.4 Å². The number of ether oxygens (including phenoxy) is 1. The van der Waals surface area contributed by atoms with Gasteiger partial charge in [0.1, 0.15) is 12.4 Å². The number of nitrogens with zero attached hydrogens (tertiary/aromatic N) is 1. The zero-order chi connectivity index (χ0) is 14.4. The highest BCUT2D eigenvalue weighted by Gasteiger charge is 2.06. The van der Waals surface area contributed by atoms with E-state index in [0.717, 1.165) is 16.9 Å². The van der Waals surface area contributed by atoms with E-state index in [1.807, 2.05) is 30.3 Å². The van der Waals surface area contributed by atoms with Gasteiger partial charge in [0.2, 0.25) is 0 Å². The third-order valence-corrected chi connectivity index (χ3v) is 3.38. The smallest absolute Gasteiger partial charge is 0.119 e. The summed E-state index contributed by atoms with van der Waals surface area (Å²) in [4.78, 5) is 0. The fraction of sp³-hybridized carbons (Fsp3) is 0.133. The van der Waals surface area contributed by atoms with Crippen molar-refractivity contribution in [3.05, 3.63) is 63.6 Å². The molecular weight excluding hydrogens is 295 g/mol. The van der Waals surface area contributed by atoms with E-state index in [4.69, 9.17) is 27.9 Å². The highest BCUT2D eigenvalue weighted by atomic mass is 35.5. The lowest BCUT2D eigenvalue weighted by Gasteiger charge is -2.09. The lowest BCUT2D eigenvalue weighted by atomic mass is 10.2. The summed E-state index contributed by atoms with van der Waals surface area (Å²) in [5.74, 6) is 0.752. The van der Waals surface area contributed by atoms with E-state index in [9.17, 15) is 0 Å². The predicted octanol–water partition coefficient (Wildman–Crippen LogP) is 4.13. The normalized spacial score (nSPS) is 10.8. The Morgan fingerprint density at radius 3 is 2.35 bits per heavy atom. The van der Waals surface area contributed by atoms with Crippen molar-refractivity contribution in [2.45, 2.75) is 6.61 Å². The Morgan fingerprint density at radius 2 is 1.75 bits per heavy atom. The molecule has 0 aliphatic heterocycles. The van der Waals surface area contributed by atoms with Gasteiger partial charge < -0.3 is 10.2 Å². The molecule has 0 saturated carbocycles. The minimum absolute atomic E-state index is 0.336. The maximum Gasteiger partial charge on any atom is 0.119 e. The summed E-state index contributed by atoms with van der Waals surface area (Å²) in [7, 11) is 1.75. The molecular formula is C15H14Cl2N2O. The molecule has 0 aliphatic rings. The third-order valence-electron chi connectivity index (χ3n) is 2.67. The van der Waals surface area contributed by atoms with E-state index in [2.05, 4.69) is 10.5 Å². The molecule has 0 amide bonds. The minimum atomic E-state index is 0.336. The molecule has 0 saturated heterocycles. The summed E-state index contributed by atoms with van der Waals surface area (Å²) < 4.78 is 5.68. The quantitative estimate of drug-likeness (QED) is 0.665. The fourth-order valence-electron chi connectivity index (χ4n) is 1.61.